The molecule has 0 fully saturated rings. The lowest BCUT2D eigenvalue weighted by Crippen LogP contribution is -2.34. The molecule has 0 unspecified atom stereocenters. The first-order chi connectivity index (χ1) is 15.1. The zero-order valence-electron chi connectivity index (χ0n) is 16.7. The van der Waals surface area contributed by atoms with Crippen molar-refractivity contribution in [3.05, 3.63) is 59.7 Å². The summed E-state index contributed by atoms with van der Waals surface area (Å²) in [5.41, 5.74) is 0.920. The number of aryl methyl sites for hydroxylation is 1. The molecule has 0 heterocycles. The van der Waals surface area contributed by atoms with Crippen LogP contribution in [0.2, 0.25) is 0 Å². The third kappa shape index (κ3) is 8.19. The van der Waals surface area contributed by atoms with Crippen molar-refractivity contribution in [2.24, 2.45) is 0 Å². The molecule has 0 aliphatic rings. The molecule has 2 N–H and O–H groups in total. The minimum absolute atomic E-state index is 0.0159. The fraction of sp³-hybridized carbons (Fsp3) is 0.250. The second kappa shape index (κ2) is 11.5. The first-order valence-corrected chi connectivity index (χ1v) is 10.6. The predicted molar refractivity (Wildman–Crippen MR) is 108 cm³/mol. The standard InChI is InChI=1S/C20H20F4N2O5S/c1-13-2-7-16(8-3-13)32(28,29)26-11-10-25-18(27)9-5-14-4-6-15(30-19(21)22)12-17(14)31-20(23)24/h2-9,12,19-20,26H,10-11H2,1H3,(H,25,27)/b9-5+. The molecule has 32 heavy (non-hydrogen) atoms. The van der Waals surface area contributed by atoms with E-state index in [0.29, 0.717) is 0 Å². The van der Waals surface area contributed by atoms with Crippen LogP contribution < -0.4 is 19.5 Å². The minimum Gasteiger partial charge on any atom is -0.435 e. The first-order valence-electron chi connectivity index (χ1n) is 9.13. The smallest absolute Gasteiger partial charge is 0.387 e. The number of halogens is 4. The molecule has 0 radical (unpaired) electrons. The molecule has 2 aromatic rings. The van der Waals surface area contributed by atoms with Crippen molar-refractivity contribution in [1.82, 2.24) is 10.0 Å². The summed E-state index contributed by atoms with van der Waals surface area (Å²) in [7, 11) is -3.73. The van der Waals surface area contributed by atoms with Gasteiger partial charge in [-0.05, 0) is 37.3 Å². The Kier molecular flexibility index (Phi) is 9.02. The van der Waals surface area contributed by atoms with E-state index < -0.39 is 40.7 Å². The normalized spacial score (nSPS) is 11.8. The van der Waals surface area contributed by atoms with Gasteiger partial charge in [0.2, 0.25) is 15.9 Å². The summed E-state index contributed by atoms with van der Waals surface area (Å²) in [6, 6.07) is 9.32. The van der Waals surface area contributed by atoms with Crippen molar-refractivity contribution in [3.63, 3.8) is 0 Å². The number of amides is 1. The van der Waals surface area contributed by atoms with Crippen LogP contribution in [0.5, 0.6) is 11.5 Å². The summed E-state index contributed by atoms with van der Waals surface area (Å²) in [6.07, 6.45) is 2.13. The highest BCUT2D eigenvalue weighted by atomic mass is 32.2. The highest BCUT2D eigenvalue weighted by Gasteiger charge is 2.14. The van der Waals surface area contributed by atoms with E-state index in [1.165, 1.54) is 12.1 Å². The zero-order chi connectivity index (χ0) is 23.7. The Hall–Kier alpha value is -3.12. The molecular weight excluding hydrogens is 456 g/mol. The van der Waals surface area contributed by atoms with Crippen LogP contribution >= 0.6 is 0 Å². The number of ether oxygens (including phenoxy) is 2. The van der Waals surface area contributed by atoms with Gasteiger partial charge in [0.25, 0.3) is 0 Å². The lowest BCUT2D eigenvalue weighted by Gasteiger charge is -2.11. The van der Waals surface area contributed by atoms with Gasteiger partial charge < -0.3 is 14.8 Å². The lowest BCUT2D eigenvalue weighted by atomic mass is 10.1. The monoisotopic (exact) mass is 476 g/mol. The summed E-state index contributed by atoms with van der Waals surface area (Å²) >= 11 is 0. The number of benzene rings is 2. The number of carbonyl (C=O) groups excluding carboxylic acids is 1. The van der Waals surface area contributed by atoms with E-state index in [2.05, 4.69) is 19.5 Å². The van der Waals surface area contributed by atoms with Gasteiger partial charge in [-0.15, -0.1) is 0 Å². The van der Waals surface area contributed by atoms with Crippen molar-refractivity contribution in [2.45, 2.75) is 25.0 Å². The Morgan fingerprint density at radius 2 is 1.66 bits per heavy atom. The number of hydrogen-bond acceptors (Lipinski definition) is 5. The fourth-order valence-corrected chi connectivity index (χ4v) is 3.45. The highest BCUT2D eigenvalue weighted by Crippen LogP contribution is 2.28. The van der Waals surface area contributed by atoms with E-state index in [-0.39, 0.29) is 23.5 Å². The van der Waals surface area contributed by atoms with E-state index in [4.69, 9.17) is 0 Å². The average Bonchev–Trinajstić information content (AvgIpc) is 2.70. The van der Waals surface area contributed by atoms with Gasteiger partial charge >= 0.3 is 13.2 Å². The fourth-order valence-electron chi connectivity index (χ4n) is 2.42. The summed E-state index contributed by atoms with van der Waals surface area (Å²) in [4.78, 5) is 12.0. The molecule has 0 aliphatic carbocycles. The minimum atomic E-state index is -3.73. The van der Waals surface area contributed by atoms with Gasteiger partial charge in [0.05, 0.1) is 4.90 Å². The number of alkyl halides is 4. The summed E-state index contributed by atoms with van der Waals surface area (Å²) in [5, 5.41) is 2.42. The van der Waals surface area contributed by atoms with E-state index in [1.807, 2.05) is 6.92 Å². The maximum Gasteiger partial charge on any atom is 0.387 e. The molecular formula is C20H20F4N2O5S. The number of sulfonamides is 1. The van der Waals surface area contributed by atoms with Crippen LogP contribution in [-0.4, -0.2) is 40.6 Å². The van der Waals surface area contributed by atoms with Crippen LogP contribution in [-0.2, 0) is 14.8 Å². The third-order valence-corrected chi connectivity index (χ3v) is 5.37. The number of hydrogen-bond donors (Lipinski definition) is 2. The average molecular weight is 476 g/mol. The summed E-state index contributed by atoms with van der Waals surface area (Å²) < 4.78 is 84.7. The molecule has 2 aromatic carbocycles. The molecule has 0 saturated carbocycles. The van der Waals surface area contributed by atoms with Crippen LogP contribution in [0, 0.1) is 6.92 Å². The van der Waals surface area contributed by atoms with Crippen molar-refractivity contribution in [2.75, 3.05) is 13.1 Å². The number of rotatable bonds is 11. The van der Waals surface area contributed by atoms with Gasteiger partial charge in [0, 0.05) is 30.8 Å². The predicted octanol–water partition coefficient (Wildman–Crippen LogP) is 3.31. The van der Waals surface area contributed by atoms with Gasteiger partial charge in [0.1, 0.15) is 11.5 Å². The van der Waals surface area contributed by atoms with Gasteiger partial charge in [-0.3, -0.25) is 4.79 Å². The second-order valence-electron chi connectivity index (χ2n) is 6.29. The lowest BCUT2D eigenvalue weighted by molar-refractivity contribution is -0.116. The Balaban J connectivity index is 1.92. The summed E-state index contributed by atoms with van der Waals surface area (Å²) in [5.74, 6) is -1.50. The Morgan fingerprint density at radius 3 is 2.28 bits per heavy atom. The quantitative estimate of drug-likeness (QED) is 0.295. The topological polar surface area (TPSA) is 93.7 Å². The van der Waals surface area contributed by atoms with Gasteiger partial charge in [-0.2, -0.15) is 17.6 Å². The van der Waals surface area contributed by atoms with Crippen LogP contribution in [0.4, 0.5) is 17.6 Å². The molecule has 0 atom stereocenters. The van der Waals surface area contributed by atoms with E-state index in [0.717, 1.165) is 35.9 Å². The SMILES string of the molecule is Cc1ccc(S(=O)(=O)NCCNC(=O)/C=C/c2ccc(OC(F)F)cc2OC(F)F)cc1. The van der Waals surface area contributed by atoms with Crippen molar-refractivity contribution >= 4 is 22.0 Å². The van der Waals surface area contributed by atoms with Gasteiger partial charge in [-0.1, -0.05) is 17.7 Å². The molecule has 0 bridgehead atoms. The van der Waals surface area contributed by atoms with E-state index >= 15 is 0 Å². The van der Waals surface area contributed by atoms with Crippen molar-refractivity contribution in [3.8, 4) is 11.5 Å². The molecule has 174 valence electrons. The van der Waals surface area contributed by atoms with Gasteiger partial charge in [-0.25, -0.2) is 13.1 Å². The first kappa shape index (κ1) is 25.1. The Bertz CT molecular complexity index is 1040. The molecule has 12 heteroatoms. The molecule has 0 aromatic heterocycles. The van der Waals surface area contributed by atoms with Gasteiger partial charge in [0.15, 0.2) is 0 Å². The molecule has 7 nitrogen and oxygen atoms in total. The molecule has 2 rings (SSSR count). The highest BCUT2D eigenvalue weighted by molar-refractivity contribution is 7.89. The van der Waals surface area contributed by atoms with Crippen LogP contribution in [0.15, 0.2) is 53.4 Å². The molecule has 0 saturated heterocycles. The summed E-state index contributed by atoms with van der Waals surface area (Å²) in [6.45, 7) is -4.68. The van der Waals surface area contributed by atoms with E-state index in [1.54, 1.807) is 12.1 Å². The van der Waals surface area contributed by atoms with Crippen molar-refractivity contribution in [1.29, 1.82) is 0 Å². The van der Waals surface area contributed by atoms with E-state index in [9.17, 15) is 30.8 Å². The largest absolute Gasteiger partial charge is 0.435 e. The van der Waals surface area contributed by atoms with Crippen LogP contribution in [0.3, 0.4) is 0 Å². The molecule has 0 aliphatic heterocycles. The molecule has 1 amide bonds. The maximum atomic E-state index is 12.6. The number of nitrogens with one attached hydrogen (secondary N) is 2. The van der Waals surface area contributed by atoms with Crippen LogP contribution in [0.1, 0.15) is 11.1 Å². The van der Waals surface area contributed by atoms with Crippen molar-refractivity contribution < 1.29 is 40.2 Å². The Morgan fingerprint density at radius 1 is 1.00 bits per heavy atom. The zero-order valence-corrected chi connectivity index (χ0v) is 17.5. The Labute approximate surface area is 182 Å². The number of carbonyl (C=O) groups is 1. The molecule has 0 spiro atoms. The second-order valence-corrected chi connectivity index (χ2v) is 8.06. The third-order valence-electron chi connectivity index (χ3n) is 3.89. The maximum absolute atomic E-state index is 12.6. The van der Waals surface area contributed by atoms with Crippen LogP contribution in [0.25, 0.3) is 6.08 Å².